The second-order valence-corrected chi connectivity index (χ2v) is 5.29. The van der Waals surface area contributed by atoms with Crippen molar-refractivity contribution in [2.24, 2.45) is 0 Å². The minimum absolute atomic E-state index is 1.00. The van der Waals surface area contributed by atoms with Crippen LogP contribution >= 0.6 is 0 Å². The Morgan fingerprint density at radius 1 is 1.00 bits per heavy atom. The number of likely N-dealkylation sites (N-methyl/N-ethyl adjacent to an activating group) is 1. The Labute approximate surface area is 119 Å². The van der Waals surface area contributed by atoms with Crippen molar-refractivity contribution in [1.29, 1.82) is 0 Å². The van der Waals surface area contributed by atoms with Crippen LogP contribution in [0.15, 0.2) is 48.7 Å². The summed E-state index contributed by atoms with van der Waals surface area (Å²) in [6.45, 7) is 3.12. The number of hydrogen-bond acceptors (Lipinski definition) is 1. The summed E-state index contributed by atoms with van der Waals surface area (Å²) < 4.78 is 0. The molecule has 0 aliphatic rings. The predicted molar refractivity (Wildman–Crippen MR) is 86.1 cm³/mol. The largest absolute Gasteiger partial charge is 0.361 e. The van der Waals surface area contributed by atoms with Crippen molar-refractivity contribution in [1.82, 2.24) is 10.3 Å². The zero-order chi connectivity index (χ0) is 13.9. The molecule has 0 spiro atoms. The van der Waals surface area contributed by atoms with Crippen molar-refractivity contribution < 1.29 is 0 Å². The number of H-pyrrole nitrogens is 1. The quantitative estimate of drug-likeness (QED) is 0.734. The molecule has 102 valence electrons. The third-order valence-electron chi connectivity index (χ3n) is 3.80. The average Bonchev–Trinajstić information content (AvgIpc) is 2.88. The molecule has 1 aromatic heterocycles. The van der Waals surface area contributed by atoms with E-state index in [0.717, 1.165) is 13.0 Å². The van der Waals surface area contributed by atoms with E-state index >= 15 is 0 Å². The fraction of sp³-hybridized carbons (Fsp3) is 0.222. The van der Waals surface area contributed by atoms with Gasteiger partial charge in [0, 0.05) is 17.1 Å². The van der Waals surface area contributed by atoms with E-state index in [1.807, 2.05) is 7.05 Å². The van der Waals surface area contributed by atoms with Crippen LogP contribution in [0.1, 0.15) is 11.1 Å². The van der Waals surface area contributed by atoms with Gasteiger partial charge in [0.2, 0.25) is 0 Å². The van der Waals surface area contributed by atoms with Gasteiger partial charge in [0.25, 0.3) is 0 Å². The van der Waals surface area contributed by atoms with Crippen LogP contribution in [0.4, 0.5) is 0 Å². The molecule has 0 saturated heterocycles. The van der Waals surface area contributed by atoms with E-state index in [9.17, 15) is 0 Å². The molecule has 1 heterocycles. The van der Waals surface area contributed by atoms with Crippen LogP contribution in [0.5, 0.6) is 0 Å². The summed E-state index contributed by atoms with van der Waals surface area (Å²) in [6.07, 6.45) is 3.18. The number of fused-ring (bicyclic) bond motifs is 1. The summed E-state index contributed by atoms with van der Waals surface area (Å²) >= 11 is 0. The molecule has 2 heteroatoms. The maximum Gasteiger partial charge on any atom is 0.0457 e. The first-order valence-electron chi connectivity index (χ1n) is 7.09. The van der Waals surface area contributed by atoms with Crippen LogP contribution in [-0.2, 0) is 6.42 Å². The van der Waals surface area contributed by atoms with Crippen molar-refractivity contribution in [2.75, 3.05) is 13.6 Å². The number of aryl methyl sites for hydroxylation is 1. The van der Waals surface area contributed by atoms with E-state index in [1.165, 1.54) is 33.2 Å². The molecule has 0 unspecified atom stereocenters. The fourth-order valence-corrected chi connectivity index (χ4v) is 2.57. The molecule has 0 saturated carbocycles. The monoisotopic (exact) mass is 264 g/mol. The molecule has 2 aromatic carbocycles. The molecular formula is C18H20N2. The lowest BCUT2D eigenvalue weighted by Gasteiger charge is -2.04. The summed E-state index contributed by atoms with van der Waals surface area (Å²) in [5.41, 5.74) is 6.45. The second kappa shape index (κ2) is 5.51. The van der Waals surface area contributed by atoms with Gasteiger partial charge in [-0.1, -0.05) is 35.9 Å². The Morgan fingerprint density at radius 3 is 2.50 bits per heavy atom. The van der Waals surface area contributed by atoms with E-state index in [1.54, 1.807) is 0 Å². The maximum absolute atomic E-state index is 3.36. The first-order valence-corrected chi connectivity index (χ1v) is 7.09. The molecule has 0 amide bonds. The van der Waals surface area contributed by atoms with E-state index in [0.29, 0.717) is 0 Å². The molecule has 3 rings (SSSR count). The summed E-state index contributed by atoms with van der Waals surface area (Å²) in [6, 6.07) is 15.4. The summed E-state index contributed by atoms with van der Waals surface area (Å²) in [7, 11) is 1.99. The van der Waals surface area contributed by atoms with Crippen LogP contribution in [0.2, 0.25) is 0 Å². The Balaban J connectivity index is 2.02. The number of aromatic nitrogens is 1. The van der Waals surface area contributed by atoms with Gasteiger partial charge in [-0.25, -0.2) is 0 Å². The summed E-state index contributed by atoms with van der Waals surface area (Å²) in [4.78, 5) is 3.36. The molecule has 0 radical (unpaired) electrons. The van der Waals surface area contributed by atoms with Crippen LogP contribution in [0.25, 0.3) is 22.0 Å². The van der Waals surface area contributed by atoms with E-state index in [-0.39, 0.29) is 0 Å². The summed E-state index contributed by atoms with van der Waals surface area (Å²) in [5.74, 6) is 0. The minimum atomic E-state index is 1.00. The van der Waals surface area contributed by atoms with Crippen molar-refractivity contribution in [2.45, 2.75) is 13.3 Å². The van der Waals surface area contributed by atoms with Gasteiger partial charge >= 0.3 is 0 Å². The van der Waals surface area contributed by atoms with E-state index in [4.69, 9.17) is 0 Å². The number of aromatic amines is 1. The third-order valence-corrected chi connectivity index (χ3v) is 3.80. The zero-order valence-electron chi connectivity index (χ0n) is 12.0. The van der Waals surface area contributed by atoms with Crippen LogP contribution in [-0.4, -0.2) is 18.6 Å². The predicted octanol–water partition coefficient (Wildman–Crippen LogP) is 3.91. The lowest BCUT2D eigenvalue weighted by Crippen LogP contribution is -2.09. The lowest BCUT2D eigenvalue weighted by atomic mass is 10.0. The highest BCUT2D eigenvalue weighted by Crippen LogP contribution is 2.26. The molecule has 0 aliphatic carbocycles. The van der Waals surface area contributed by atoms with Gasteiger partial charge in [-0.15, -0.1) is 0 Å². The maximum atomic E-state index is 3.36. The topological polar surface area (TPSA) is 27.8 Å². The van der Waals surface area contributed by atoms with Crippen molar-refractivity contribution in [3.05, 3.63) is 59.8 Å². The highest BCUT2D eigenvalue weighted by Gasteiger charge is 2.05. The number of benzene rings is 2. The molecule has 0 atom stereocenters. The molecule has 0 bridgehead atoms. The highest BCUT2D eigenvalue weighted by molar-refractivity contribution is 5.88. The van der Waals surface area contributed by atoms with Crippen LogP contribution < -0.4 is 5.32 Å². The molecule has 2 nitrogen and oxygen atoms in total. The van der Waals surface area contributed by atoms with Gasteiger partial charge in [0.1, 0.15) is 0 Å². The molecular weight excluding hydrogens is 244 g/mol. The van der Waals surface area contributed by atoms with Crippen molar-refractivity contribution in [3.63, 3.8) is 0 Å². The van der Waals surface area contributed by atoms with Gasteiger partial charge in [0.15, 0.2) is 0 Å². The minimum Gasteiger partial charge on any atom is -0.361 e. The van der Waals surface area contributed by atoms with Crippen LogP contribution in [0.3, 0.4) is 0 Å². The van der Waals surface area contributed by atoms with Gasteiger partial charge in [-0.3, -0.25) is 0 Å². The number of rotatable bonds is 4. The molecule has 20 heavy (non-hydrogen) atoms. The number of nitrogens with one attached hydrogen (secondary N) is 2. The highest BCUT2D eigenvalue weighted by atomic mass is 14.8. The van der Waals surface area contributed by atoms with Gasteiger partial charge in [0.05, 0.1) is 0 Å². The first kappa shape index (κ1) is 12.9. The van der Waals surface area contributed by atoms with Gasteiger partial charge in [-0.2, -0.15) is 0 Å². The molecule has 3 aromatic rings. The van der Waals surface area contributed by atoms with Gasteiger partial charge in [-0.05, 0) is 55.8 Å². The van der Waals surface area contributed by atoms with Crippen LogP contribution in [0, 0.1) is 6.92 Å². The number of hydrogen-bond donors (Lipinski definition) is 2. The zero-order valence-corrected chi connectivity index (χ0v) is 12.0. The van der Waals surface area contributed by atoms with E-state index < -0.39 is 0 Å². The average molecular weight is 264 g/mol. The second-order valence-electron chi connectivity index (χ2n) is 5.29. The first-order chi connectivity index (χ1) is 9.78. The normalized spacial score (nSPS) is 11.1. The Morgan fingerprint density at radius 2 is 1.75 bits per heavy atom. The van der Waals surface area contributed by atoms with Gasteiger partial charge < -0.3 is 10.3 Å². The smallest absolute Gasteiger partial charge is 0.0457 e. The standard InChI is InChI=1S/C18H20N2/c1-13-3-5-14(6-4-13)15-7-8-18-17(11-15)16(12-20-18)9-10-19-2/h3-8,11-12,19-20H,9-10H2,1-2H3. The summed E-state index contributed by atoms with van der Waals surface area (Å²) in [5, 5.41) is 4.54. The lowest BCUT2D eigenvalue weighted by molar-refractivity contribution is 0.795. The Hall–Kier alpha value is -2.06. The Bertz CT molecular complexity index is 708. The molecule has 2 N–H and O–H groups in total. The van der Waals surface area contributed by atoms with Crippen molar-refractivity contribution >= 4 is 10.9 Å². The molecule has 0 aliphatic heterocycles. The Kier molecular flexibility index (Phi) is 3.57. The fourth-order valence-electron chi connectivity index (χ4n) is 2.57. The third kappa shape index (κ3) is 2.47. The molecule has 0 fully saturated rings. The van der Waals surface area contributed by atoms with E-state index in [2.05, 4.69) is 65.9 Å². The van der Waals surface area contributed by atoms with Crippen molar-refractivity contribution in [3.8, 4) is 11.1 Å². The SMILES string of the molecule is CNCCc1c[nH]c2ccc(-c3ccc(C)cc3)cc12.